The zero-order valence-corrected chi connectivity index (χ0v) is 10.5. The molecule has 0 amide bonds. The summed E-state index contributed by atoms with van der Waals surface area (Å²) in [6, 6.07) is 5.71. The van der Waals surface area contributed by atoms with E-state index in [2.05, 4.69) is 11.8 Å². The fourth-order valence-corrected chi connectivity index (χ4v) is 2.57. The van der Waals surface area contributed by atoms with Gasteiger partial charge in [-0.1, -0.05) is 0 Å². The van der Waals surface area contributed by atoms with Gasteiger partial charge in [0, 0.05) is 29.9 Å². The molecule has 1 aromatic rings. The summed E-state index contributed by atoms with van der Waals surface area (Å²) >= 11 is 5.77. The summed E-state index contributed by atoms with van der Waals surface area (Å²) in [7, 11) is 0. The van der Waals surface area contributed by atoms with Gasteiger partial charge in [-0.25, -0.2) is 0 Å². The first-order chi connectivity index (χ1) is 8.13. The molecule has 1 atom stereocenters. The highest BCUT2D eigenvalue weighted by atomic mass is 35.5. The highest BCUT2D eigenvalue weighted by molar-refractivity contribution is 6.17. The lowest BCUT2D eigenvalue weighted by atomic mass is 10.1. The largest absolute Gasteiger partial charge is 0.369 e. The van der Waals surface area contributed by atoms with Crippen molar-refractivity contribution in [3.05, 3.63) is 33.9 Å². The van der Waals surface area contributed by atoms with Crippen molar-refractivity contribution in [2.75, 3.05) is 11.4 Å². The van der Waals surface area contributed by atoms with Gasteiger partial charge in [0.1, 0.15) is 0 Å². The van der Waals surface area contributed by atoms with E-state index in [1.165, 1.54) is 12.8 Å². The molecule has 2 rings (SSSR count). The number of anilines is 1. The van der Waals surface area contributed by atoms with E-state index in [0.29, 0.717) is 11.6 Å². The van der Waals surface area contributed by atoms with Crippen molar-refractivity contribution in [3.63, 3.8) is 0 Å². The quantitative estimate of drug-likeness (QED) is 0.472. The SMILES string of the molecule is CC1CCCN1c1ccc([N+](=O)[O-])c(CCl)c1. The van der Waals surface area contributed by atoms with Crippen LogP contribution < -0.4 is 4.90 Å². The predicted molar refractivity (Wildman–Crippen MR) is 68.7 cm³/mol. The van der Waals surface area contributed by atoms with E-state index in [-0.39, 0.29) is 16.5 Å². The second-order valence-corrected chi connectivity index (χ2v) is 4.66. The van der Waals surface area contributed by atoms with Crippen LogP contribution in [0.1, 0.15) is 25.3 Å². The predicted octanol–water partition coefficient (Wildman–Crippen LogP) is 3.32. The molecule has 0 N–H and O–H groups in total. The van der Waals surface area contributed by atoms with Gasteiger partial charge in [0.25, 0.3) is 5.69 Å². The second-order valence-electron chi connectivity index (χ2n) is 4.39. The zero-order chi connectivity index (χ0) is 12.4. The summed E-state index contributed by atoms with van der Waals surface area (Å²) in [5, 5.41) is 10.8. The number of rotatable bonds is 3. The minimum Gasteiger partial charge on any atom is -0.369 e. The van der Waals surface area contributed by atoms with E-state index >= 15 is 0 Å². The average molecular weight is 255 g/mol. The lowest BCUT2D eigenvalue weighted by Gasteiger charge is -2.24. The van der Waals surface area contributed by atoms with Gasteiger partial charge >= 0.3 is 0 Å². The number of halogens is 1. The Bertz CT molecular complexity index is 437. The topological polar surface area (TPSA) is 46.4 Å². The Kier molecular flexibility index (Phi) is 3.52. The smallest absolute Gasteiger partial charge is 0.273 e. The Morgan fingerprint density at radius 3 is 2.88 bits per heavy atom. The maximum Gasteiger partial charge on any atom is 0.273 e. The third-order valence-electron chi connectivity index (χ3n) is 3.29. The van der Waals surface area contributed by atoms with Gasteiger partial charge in [-0.2, -0.15) is 0 Å². The number of nitro groups is 1. The Morgan fingerprint density at radius 2 is 2.35 bits per heavy atom. The molecule has 92 valence electrons. The highest BCUT2D eigenvalue weighted by Crippen LogP contribution is 2.30. The summed E-state index contributed by atoms with van der Waals surface area (Å²) in [6.07, 6.45) is 2.35. The summed E-state index contributed by atoms with van der Waals surface area (Å²) in [6.45, 7) is 3.19. The molecule has 0 aromatic heterocycles. The minimum absolute atomic E-state index is 0.107. The molecular weight excluding hydrogens is 240 g/mol. The Hall–Kier alpha value is -1.29. The number of hydrogen-bond acceptors (Lipinski definition) is 3. The number of benzene rings is 1. The van der Waals surface area contributed by atoms with Gasteiger partial charge in [-0.05, 0) is 31.9 Å². The van der Waals surface area contributed by atoms with Crippen molar-refractivity contribution in [1.29, 1.82) is 0 Å². The molecule has 1 aliphatic heterocycles. The van der Waals surface area contributed by atoms with E-state index in [9.17, 15) is 10.1 Å². The maximum absolute atomic E-state index is 10.8. The van der Waals surface area contributed by atoms with Crippen LogP contribution in [0.3, 0.4) is 0 Å². The Labute approximate surface area is 105 Å². The fourth-order valence-electron chi connectivity index (χ4n) is 2.35. The molecule has 1 fully saturated rings. The summed E-state index contributed by atoms with van der Waals surface area (Å²) in [5.74, 6) is 0.173. The van der Waals surface area contributed by atoms with Crippen molar-refractivity contribution in [2.45, 2.75) is 31.7 Å². The fraction of sp³-hybridized carbons (Fsp3) is 0.500. The van der Waals surface area contributed by atoms with Gasteiger partial charge in [0.15, 0.2) is 0 Å². The first kappa shape index (κ1) is 12.2. The third-order valence-corrected chi connectivity index (χ3v) is 3.58. The first-order valence-electron chi connectivity index (χ1n) is 5.73. The number of nitro benzene ring substituents is 1. The van der Waals surface area contributed by atoms with Crippen molar-refractivity contribution in [2.24, 2.45) is 0 Å². The minimum atomic E-state index is -0.380. The van der Waals surface area contributed by atoms with Crippen molar-refractivity contribution in [1.82, 2.24) is 0 Å². The Balaban J connectivity index is 2.34. The molecule has 17 heavy (non-hydrogen) atoms. The average Bonchev–Trinajstić information content (AvgIpc) is 2.74. The van der Waals surface area contributed by atoms with E-state index in [1.807, 2.05) is 12.1 Å². The third kappa shape index (κ3) is 2.36. The maximum atomic E-state index is 10.8. The van der Waals surface area contributed by atoms with Crippen LogP contribution in [0, 0.1) is 10.1 Å². The zero-order valence-electron chi connectivity index (χ0n) is 9.73. The molecule has 4 nitrogen and oxygen atoms in total. The molecule has 1 aliphatic rings. The van der Waals surface area contributed by atoms with Gasteiger partial charge in [-0.3, -0.25) is 10.1 Å². The van der Waals surface area contributed by atoms with Crippen molar-refractivity contribution < 1.29 is 4.92 Å². The van der Waals surface area contributed by atoms with Crippen molar-refractivity contribution >= 4 is 23.0 Å². The number of hydrogen-bond donors (Lipinski definition) is 0. The number of alkyl halides is 1. The lowest BCUT2D eigenvalue weighted by molar-refractivity contribution is -0.385. The van der Waals surface area contributed by atoms with E-state index in [0.717, 1.165) is 12.2 Å². The Morgan fingerprint density at radius 1 is 1.59 bits per heavy atom. The first-order valence-corrected chi connectivity index (χ1v) is 6.27. The van der Waals surface area contributed by atoms with Crippen LogP contribution in [-0.4, -0.2) is 17.5 Å². The van der Waals surface area contributed by atoms with Crippen LogP contribution in [0.2, 0.25) is 0 Å². The molecule has 0 spiro atoms. The molecule has 5 heteroatoms. The van der Waals surface area contributed by atoms with Gasteiger partial charge in [0.05, 0.1) is 10.8 Å². The molecular formula is C12H15ClN2O2. The van der Waals surface area contributed by atoms with Crippen LogP contribution in [0.5, 0.6) is 0 Å². The summed E-state index contributed by atoms with van der Waals surface area (Å²) in [5.41, 5.74) is 1.74. The molecule has 1 aromatic carbocycles. The van der Waals surface area contributed by atoms with Gasteiger partial charge < -0.3 is 4.90 Å². The standard InChI is InChI=1S/C12H15ClN2O2/c1-9-3-2-6-14(9)11-4-5-12(15(16)17)10(7-11)8-13/h4-5,7,9H,2-3,6,8H2,1H3. The number of nitrogens with zero attached hydrogens (tertiary/aromatic N) is 2. The summed E-state index contributed by atoms with van der Waals surface area (Å²) < 4.78 is 0. The van der Waals surface area contributed by atoms with E-state index < -0.39 is 0 Å². The van der Waals surface area contributed by atoms with Crippen LogP contribution in [0.25, 0.3) is 0 Å². The lowest BCUT2D eigenvalue weighted by Crippen LogP contribution is -2.26. The van der Waals surface area contributed by atoms with Gasteiger partial charge in [-0.15, -0.1) is 11.6 Å². The van der Waals surface area contributed by atoms with Crippen molar-refractivity contribution in [3.8, 4) is 0 Å². The molecule has 1 saturated heterocycles. The van der Waals surface area contributed by atoms with Crippen LogP contribution in [-0.2, 0) is 5.88 Å². The van der Waals surface area contributed by atoms with E-state index in [4.69, 9.17) is 11.6 Å². The van der Waals surface area contributed by atoms with Gasteiger partial charge in [0.2, 0.25) is 0 Å². The molecule has 1 heterocycles. The highest BCUT2D eigenvalue weighted by Gasteiger charge is 2.22. The molecule has 0 aliphatic carbocycles. The van der Waals surface area contributed by atoms with E-state index in [1.54, 1.807) is 6.07 Å². The normalized spacial score (nSPS) is 19.6. The van der Waals surface area contributed by atoms with Crippen LogP contribution in [0.4, 0.5) is 11.4 Å². The monoisotopic (exact) mass is 254 g/mol. The molecule has 0 saturated carbocycles. The second kappa shape index (κ2) is 4.92. The molecule has 1 unspecified atom stereocenters. The van der Waals surface area contributed by atoms with Crippen LogP contribution >= 0.6 is 11.6 Å². The summed E-state index contributed by atoms with van der Waals surface area (Å²) in [4.78, 5) is 12.7. The molecule has 0 bridgehead atoms. The molecule has 0 radical (unpaired) electrons. The van der Waals surface area contributed by atoms with Crippen LogP contribution in [0.15, 0.2) is 18.2 Å².